The predicted molar refractivity (Wildman–Crippen MR) is 90.8 cm³/mol. The zero-order valence-electron chi connectivity index (χ0n) is 14.0. The number of likely N-dealkylation sites (tertiary alicyclic amines) is 1. The number of benzene rings is 1. The largest absolute Gasteiger partial charge is 0.373 e. The normalized spacial score (nSPS) is 27.7. The molecule has 2 aliphatic rings. The summed E-state index contributed by atoms with van der Waals surface area (Å²) >= 11 is 0. The molecule has 1 amide bonds. The smallest absolute Gasteiger partial charge is 0.228 e. The average Bonchev–Trinajstić information content (AvgIpc) is 2.62. The molecule has 2 aliphatic heterocycles. The van der Waals surface area contributed by atoms with Gasteiger partial charge in [-0.05, 0) is 44.1 Å². The molecule has 0 radical (unpaired) electrons. The second kappa shape index (κ2) is 7.45. The van der Waals surface area contributed by atoms with Crippen LogP contribution in [0.3, 0.4) is 0 Å². The molecule has 0 aliphatic carbocycles. The Morgan fingerprint density at radius 1 is 1.22 bits per heavy atom. The lowest BCUT2D eigenvalue weighted by molar-refractivity contribution is -0.147. The van der Waals surface area contributed by atoms with Gasteiger partial charge in [0.1, 0.15) is 0 Å². The Morgan fingerprint density at radius 3 is 2.57 bits per heavy atom. The number of hydrogen-bond donors (Lipinski definition) is 1. The molecule has 0 spiro atoms. The SMILES string of the molecule is CC(N)C1CCN(C(=O)C2CCCOC2c2ccccc2)CC1. The van der Waals surface area contributed by atoms with Crippen LogP contribution < -0.4 is 5.73 Å². The second-order valence-corrected chi connectivity index (χ2v) is 6.97. The second-order valence-electron chi connectivity index (χ2n) is 6.97. The van der Waals surface area contributed by atoms with E-state index in [2.05, 4.69) is 19.1 Å². The van der Waals surface area contributed by atoms with Gasteiger partial charge < -0.3 is 15.4 Å². The highest BCUT2D eigenvalue weighted by molar-refractivity contribution is 5.80. The molecule has 2 saturated heterocycles. The van der Waals surface area contributed by atoms with E-state index in [0.717, 1.165) is 50.9 Å². The number of hydrogen-bond acceptors (Lipinski definition) is 3. The van der Waals surface area contributed by atoms with Crippen molar-refractivity contribution in [1.82, 2.24) is 4.90 Å². The van der Waals surface area contributed by atoms with Crippen LogP contribution in [0.25, 0.3) is 0 Å². The van der Waals surface area contributed by atoms with Gasteiger partial charge in [0.15, 0.2) is 0 Å². The monoisotopic (exact) mass is 316 g/mol. The molecule has 4 nitrogen and oxygen atoms in total. The number of amides is 1. The summed E-state index contributed by atoms with van der Waals surface area (Å²) in [5, 5.41) is 0. The molecule has 0 saturated carbocycles. The molecule has 2 N–H and O–H groups in total. The van der Waals surface area contributed by atoms with E-state index in [-0.39, 0.29) is 24.0 Å². The Balaban J connectivity index is 1.68. The Hall–Kier alpha value is -1.39. The molecule has 23 heavy (non-hydrogen) atoms. The van der Waals surface area contributed by atoms with Crippen molar-refractivity contribution in [2.24, 2.45) is 17.6 Å². The van der Waals surface area contributed by atoms with E-state index in [4.69, 9.17) is 10.5 Å². The van der Waals surface area contributed by atoms with E-state index in [1.165, 1.54) is 0 Å². The quantitative estimate of drug-likeness (QED) is 0.933. The summed E-state index contributed by atoms with van der Waals surface area (Å²) in [6, 6.07) is 10.4. The molecule has 3 rings (SSSR count). The number of carbonyl (C=O) groups excluding carboxylic acids is 1. The zero-order valence-corrected chi connectivity index (χ0v) is 14.0. The first-order valence-corrected chi connectivity index (χ1v) is 8.87. The first-order chi connectivity index (χ1) is 11.2. The first kappa shape index (κ1) is 16.5. The van der Waals surface area contributed by atoms with Crippen LogP contribution in [-0.4, -0.2) is 36.5 Å². The number of piperidine rings is 1. The molecule has 3 unspecified atom stereocenters. The summed E-state index contributed by atoms with van der Waals surface area (Å²) in [4.78, 5) is 15.1. The van der Waals surface area contributed by atoms with Crippen molar-refractivity contribution in [3.63, 3.8) is 0 Å². The Labute approximate surface area is 139 Å². The predicted octanol–water partition coefficient (Wildman–Crippen LogP) is 2.74. The maximum absolute atomic E-state index is 13.0. The molecule has 126 valence electrons. The van der Waals surface area contributed by atoms with Gasteiger partial charge in [-0.25, -0.2) is 0 Å². The van der Waals surface area contributed by atoms with E-state index in [1.807, 2.05) is 23.1 Å². The molecule has 1 aromatic carbocycles. The summed E-state index contributed by atoms with van der Waals surface area (Å²) in [6.07, 6.45) is 3.84. The third kappa shape index (κ3) is 3.75. The van der Waals surface area contributed by atoms with Crippen molar-refractivity contribution < 1.29 is 9.53 Å². The average molecular weight is 316 g/mol. The van der Waals surface area contributed by atoms with E-state index >= 15 is 0 Å². The first-order valence-electron chi connectivity index (χ1n) is 8.87. The van der Waals surface area contributed by atoms with Crippen molar-refractivity contribution in [2.45, 2.75) is 44.8 Å². The minimum Gasteiger partial charge on any atom is -0.373 e. The number of carbonyl (C=O) groups is 1. The van der Waals surface area contributed by atoms with Crippen molar-refractivity contribution in [1.29, 1.82) is 0 Å². The van der Waals surface area contributed by atoms with E-state index < -0.39 is 0 Å². The highest BCUT2D eigenvalue weighted by Gasteiger charge is 2.36. The highest BCUT2D eigenvalue weighted by Crippen LogP contribution is 2.35. The number of nitrogens with two attached hydrogens (primary N) is 1. The fraction of sp³-hybridized carbons (Fsp3) is 0.632. The van der Waals surface area contributed by atoms with Crippen LogP contribution in [0.5, 0.6) is 0 Å². The van der Waals surface area contributed by atoms with Gasteiger partial charge >= 0.3 is 0 Å². The summed E-state index contributed by atoms with van der Waals surface area (Å²) in [7, 11) is 0. The third-order valence-corrected chi connectivity index (χ3v) is 5.36. The van der Waals surface area contributed by atoms with Crippen molar-refractivity contribution in [2.75, 3.05) is 19.7 Å². The number of nitrogens with zero attached hydrogens (tertiary/aromatic N) is 1. The van der Waals surface area contributed by atoms with Gasteiger partial charge in [-0.3, -0.25) is 4.79 Å². The van der Waals surface area contributed by atoms with Crippen LogP contribution in [-0.2, 0) is 9.53 Å². The van der Waals surface area contributed by atoms with Gasteiger partial charge in [-0.1, -0.05) is 30.3 Å². The zero-order chi connectivity index (χ0) is 16.2. The van der Waals surface area contributed by atoms with Crippen LogP contribution in [0.15, 0.2) is 30.3 Å². The van der Waals surface area contributed by atoms with Gasteiger partial charge in [0.2, 0.25) is 5.91 Å². The van der Waals surface area contributed by atoms with E-state index in [9.17, 15) is 4.79 Å². The summed E-state index contributed by atoms with van der Waals surface area (Å²) in [5.74, 6) is 0.770. The Bertz CT molecular complexity index is 509. The molecular weight excluding hydrogens is 288 g/mol. The minimum absolute atomic E-state index is 0.0435. The van der Waals surface area contributed by atoms with Gasteiger partial charge in [0, 0.05) is 25.7 Å². The van der Waals surface area contributed by atoms with Crippen molar-refractivity contribution >= 4 is 5.91 Å². The van der Waals surface area contributed by atoms with Crippen LogP contribution in [0.4, 0.5) is 0 Å². The van der Waals surface area contributed by atoms with Gasteiger partial charge in [-0.2, -0.15) is 0 Å². The number of rotatable bonds is 3. The summed E-state index contributed by atoms with van der Waals surface area (Å²) in [6.45, 7) is 4.49. The lowest BCUT2D eigenvalue weighted by Gasteiger charge is -2.39. The maximum atomic E-state index is 13.0. The van der Waals surface area contributed by atoms with Gasteiger partial charge in [-0.15, -0.1) is 0 Å². The molecule has 0 bridgehead atoms. The summed E-state index contributed by atoms with van der Waals surface area (Å²) in [5.41, 5.74) is 7.13. The molecule has 0 aromatic heterocycles. The van der Waals surface area contributed by atoms with Crippen LogP contribution in [0, 0.1) is 11.8 Å². The standard InChI is InChI=1S/C19H28N2O2/c1-14(20)15-9-11-21(12-10-15)19(22)17-8-5-13-23-18(17)16-6-3-2-4-7-16/h2-4,6-7,14-15,17-18H,5,8-13,20H2,1H3. The fourth-order valence-corrected chi connectivity index (χ4v) is 3.89. The molecular formula is C19H28N2O2. The van der Waals surface area contributed by atoms with Crippen LogP contribution in [0.2, 0.25) is 0 Å². The minimum atomic E-state index is -0.0939. The molecule has 3 atom stereocenters. The third-order valence-electron chi connectivity index (χ3n) is 5.36. The molecule has 2 heterocycles. The van der Waals surface area contributed by atoms with Crippen molar-refractivity contribution in [3.05, 3.63) is 35.9 Å². The highest BCUT2D eigenvalue weighted by atomic mass is 16.5. The Kier molecular flexibility index (Phi) is 5.34. The van der Waals surface area contributed by atoms with E-state index in [1.54, 1.807) is 0 Å². The van der Waals surface area contributed by atoms with Crippen LogP contribution >= 0.6 is 0 Å². The van der Waals surface area contributed by atoms with Crippen molar-refractivity contribution in [3.8, 4) is 0 Å². The molecule has 2 fully saturated rings. The lowest BCUT2D eigenvalue weighted by atomic mass is 9.86. The maximum Gasteiger partial charge on any atom is 0.228 e. The molecule has 4 heteroatoms. The Morgan fingerprint density at radius 2 is 1.91 bits per heavy atom. The topological polar surface area (TPSA) is 55.6 Å². The van der Waals surface area contributed by atoms with Gasteiger partial charge in [0.05, 0.1) is 12.0 Å². The number of ether oxygens (including phenoxy) is 1. The van der Waals surface area contributed by atoms with Gasteiger partial charge in [0.25, 0.3) is 0 Å². The fourth-order valence-electron chi connectivity index (χ4n) is 3.89. The lowest BCUT2D eigenvalue weighted by Crippen LogP contribution is -2.46. The molecule has 1 aromatic rings. The summed E-state index contributed by atoms with van der Waals surface area (Å²) < 4.78 is 5.98. The van der Waals surface area contributed by atoms with E-state index in [0.29, 0.717) is 5.92 Å². The van der Waals surface area contributed by atoms with Crippen LogP contribution in [0.1, 0.15) is 44.3 Å².